The van der Waals surface area contributed by atoms with Crippen molar-refractivity contribution in [3.63, 3.8) is 0 Å². The highest BCUT2D eigenvalue weighted by molar-refractivity contribution is 5.76. The maximum absolute atomic E-state index is 11.1. The Morgan fingerprint density at radius 1 is 1.17 bits per heavy atom. The number of amides is 1. The van der Waals surface area contributed by atoms with E-state index in [-0.39, 0.29) is 13.2 Å². The van der Waals surface area contributed by atoms with Crippen molar-refractivity contribution in [1.29, 1.82) is 0 Å². The molecule has 0 fully saturated rings. The molecule has 10 nitrogen and oxygen atoms in total. The van der Waals surface area contributed by atoms with Crippen molar-refractivity contribution in [2.24, 2.45) is 0 Å². The first kappa shape index (κ1) is 26.1. The van der Waals surface area contributed by atoms with Gasteiger partial charge in [0, 0.05) is 37.0 Å². The second kappa shape index (κ2) is 11.8. The van der Waals surface area contributed by atoms with Gasteiger partial charge in [-0.3, -0.25) is 4.79 Å². The number of aliphatic hydroxyl groups excluding tert-OH is 2. The molecule has 35 heavy (non-hydrogen) atoms. The van der Waals surface area contributed by atoms with E-state index in [2.05, 4.69) is 27.4 Å². The van der Waals surface area contributed by atoms with Crippen LogP contribution in [0.25, 0.3) is 22.8 Å². The number of carbonyl (C=O) groups excluding carboxylic acids is 1. The van der Waals surface area contributed by atoms with Gasteiger partial charge in [0.05, 0.1) is 0 Å². The van der Waals surface area contributed by atoms with Gasteiger partial charge in [-0.05, 0) is 62.6 Å². The Bertz CT molecular complexity index is 1160. The molecule has 0 saturated carbocycles. The van der Waals surface area contributed by atoms with E-state index in [1.807, 2.05) is 57.0 Å². The number of benzene rings is 1. The molecule has 1 atom stereocenters. The fourth-order valence-electron chi connectivity index (χ4n) is 3.56. The van der Waals surface area contributed by atoms with Gasteiger partial charge in [0.25, 0.3) is 5.89 Å². The number of nitrogens with one attached hydrogen (secondary N) is 1. The average Bonchev–Trinajstić information content (AvgIpc) is 3.35. The summed E-state index contributed by atoms with van der Waals surface area (Å²) in [6, 6.07) is 7.71. The molecule has 0 aliphatic rings. The second-order valence-corrected chi connectivity index (χ2v) is 8.35. The molecule has 1 aromatic carbocycles. The molecule has 0 bridgehead atoms. The molecule has 0 radical (unpaired) electrons. The Labute approximate surface area is 205 Å². The van der Waals surface area contributed by atoms with E-state index < -0.39 is 18.6 Å². The predicted octanol–water partition coefficient (Wildman–Crippen LogP) is 2.28. The van der Waals surface area contributed by atoms with Crippen LogP contribution >= 0.6 is 0 Å². The molecule has 10 heteroatoms. The average molecular weight is 484 g/mol. The highest BCUT2D eigenvalue weighted by atomic mass is 16.5. The van der Waals surface area contributed by atoms with Gasteiger partial charge in [-0.1, -0.05) is 12.1 Å². The number of carbonyl (C=O) groups is 1. The van der Waals surface area contributed by atoms with Gasteiger partial charge in [-0.2, -0.15) is 4.98 Å². The van der Waals surface area contributed by atoms with E-state index in [1.165, 1.54) is 0 Å². The van der Waals surface area contributed by atoms with Gasteiger partial charge >= 0.3 is 0 Å². The maximum atomic E-state index is 11.1. The number of aryl methyl sites for hydroxylation is 3. The van der Waals surface area contributed by atoms with Crippen molar-refractivity contribution < 1.29 is 24.3 Å². The summed E-state index contributed by atoms with van der Waals surface area (Å²) >= 11 is 0. The van der Waals surface area contributed by atoms with Crippen LogP contribution < -0.4 is 15.0 Å². The first-order valence-electron chi connectivity index (χ1n) is 11.6. The van der Waals surface area contributed by atoms with Crippen molar-refractivity contribution in [3.05, 3.63) is 41.1 Å². The number of pyridine rings is 1. The molecule has 3 N–H and O–H groups in total. The number of hydrogen-bond acceptors (Lipinski definition) is 9. The zero-order chi connectivity index (χ0) is 25.5. The first-order chi connectivity index (χ1) is 16.7. The summed E-state index contributed by atoms with van der Waals surface area (Å²) < 4.78 is 11.5. The van der Waals surface area contributed by atoms with E-state index >= 15 is 0 Å². The second-order valence-electron chi connectivity index (χ2n) is 8.35. The summed E-state index contributed by atoms with van der Waals surface area (Å²) in [7, 11) is 1.98. The van der Waals surface area contributed by atoms with Crippen LogP contribution in [0.5, 0.6) is 5.75 Å². The van der Waals surface area contributed by atoms with Crippen molar-refractivity contribution >= 4 is 11.7 Å². The summed E-state index contributed by atoms with van der Waals surface area (Å²) in [6.45, 7) is 8.12. The monoisotopic (exact) mass is 483 g/mol. The van der Waals surface area contributed by atoms with Crippen LogP contribution in [-0.2, 0) is 11.2 Å². The van der Waals surface area contributed by atoms with Crippen molar-refractivity contribution in [3.8, 4) is 28.6 Å². The molecule has 0 aliphatic heterocycles. The summed E-state index contributed by atoms with van der Waals surface area (Å²) in [5, 5.41) is 25.4. The lowest BCUT2D eigenvalue weighted by Crippen LogP contribution is -2.36. The molecule has 1 amide bonds. The summed E-state index contributed by atoms with van der Waals surface area (Å²) in [6.07, 6.45) is -0.216. The minimum Gasteiger partial charge on any atom is -0.490 e. The number of rotatable bonds is 11. The lowest BCUT2D eigenvalue weighted by Gasteiger charge is -2.17. The number of nitrogens with zero attached hydrogens (tertiary/aromatic N) is 4. The number of anilines is 1. The molecule has 188 valence electrons. The van der Waals surface area contributed by atoms with Gasteiger partial charge in [-0.25, -0.2) is 4.98 Å². The normalized spacial score (nSPS) is 11.9. The maximum Gasteiger partial charge on any atom is 0.258 e. The van der Waals surface area contributed by atoms with Crippen LogP contribution in [-0.4, -0.2) is 70.7 Å². The number of ether oxygens (including phenoxy) is 1. The van der Waals surface area contributed by atoms with Crippen LogP contribution in [0.3, 0.4) is 0 Å². The largest absolute Gasteiger partial charge is 0.490 e. The highest BCUT2D eigenvalue weighted by Gasteiger charge is 2.17. The summed E-state index contributed by atoms with van der Waals surface area (Å²) in [4.78, 5) is 22.4. The van der Waals surface area contributed by atoms with Crippen molar-refractivity contribution in [2.45, 2.75) is 40.2 Å². The van der Waals surface area contributed by atoms with E-state index in [9.17, 15) is 9.90 Å². The van der Waals surface area contributed by atoms with E-state index in [1.54, 1.807) is 0 Å². The molecular formula is C25H33N5O5. The van der Waals surface area contributed by atoms with Crippen LogP contribution in [0, 0.1) is 13.8 Å². The molecular weight excluding hydrogens is 450 g/mol. The van der Waals surface area contributed by atoms with Gasteiger partial charge < -0.3 is 29.7 Å². The number of aliphatic hydroxyl groups is 2. The van der Waals surface area contributed by atoms with Crippen LogP contribution in [0.1, 0.15) is 30.7 Å². The molecule has 3 rings (SSSR count). The molecule has 2 aromatic heterocycles. The predicted molar refractivity (Wildman–Crippen MR) is 132 cm³/mol. The molecule has 3 aromatic rings. The minimum atomic E-state index is -0.909. The Kier molecular flexibility index (Phi) is 8.78. The van der Waals surface area contributed by atoms with Crippen molar-refractivity contribution in [2.75, 3.05) is 38.3 Å². The minimum absolute atomic E-state index is 0.000462. The van der Waals surface area contributed by atoms with Gasteiger partial charge in [0.1, 0.15) is 30.9 Å². The van der Waals surface area contributed by atoms with Gasteiger partial charge in [-0.15, -0.1) is 0 Å². The first-order valence-corrected chi connectivity index (χ1v) is 11.6. The third-order valence-electron chi connectivity index (χ3n) is 5.57. The molecule has 0 unspecified atom stereocenters. The smallest absolute Gasteiger partial charge is 0.258 e. The zero-order valence-corrected chi connectivity index (χ0v) is 20.8. The quantitative estimate of drug-likeness (QED) is 0.375. The van der Waals surface area contributed by atoms with Crippen molar-refractivity contribution in [1.82, 2.24) is 20.4 Å². The Morgan fingerprint density at radius 2 is 1.94 bits per heavy atom. The number of hydrogen-bond donors (Lipinski definition) is 3. The third-order valence-corrected chi connectivity index (χ3v) is 5.57. The van der Waals surface area contributed by atoms with E-state index in [0.717, 1.165) is 40.3 Å². The van der Waals surface area contributed by atoms with Crippen LogP contribution in [0.2, 0.25) is 0 Å². The Hall–Kier alpha value is -3.50. The fourth-order valence-corrected chi connectivity index (χ4v) is 3.56. The number of aromatic nitrogens is 3. The highest BCUT2D eigenvalue weighted by Crippen LogP contribution is 2.32. The van der Waals surface area contributed by atoms with E-state index in [4.69, 9.17) is 14.4 Å². The molecule has 0 spiro atoms. The molecule has 0 aliphatic carbocycles. The van der Waals surface area contributed by atoms with E-state index in [0.29, 0.717) is 23.9 Å². The fraction of sp³-hybridized carbons (Fsp3) is 0.440. The SMILES string of the molecule is CCc1cc(-c2nc(-c3cc(C)nc(N(C)CC)c3)no2)cc(C)c1OC[C@H](O)CNC(=O)CO. The van der Waals surface area contributed by atoms with Gasteiger partial charge in [0.2, 0.25) is 11.7 Å². The lowest BCUT2D eigenvalue weighted by molar-refractivity contribution is -0.124. The van der Waals surface area contributed by atoms with Crippen LogP contribution in [0.4, 0.5) is 5.82 Å². The topological polar surface area (TPSA) is 134 Å². The Balaban J connectivity index is 1.80. The summed E-state index contributed by atoms with van der Waals surface area (Å²) in [5.74, 6) is 1.85. The molecule has 2 heterocycles. The van der Waals surface area contributed by atoms with Gasteiger partial charge in [0.15, 0.2) is 0 Å². The molecule has 0 saturated heterocycles. The Morgan fingerprint density at radius 3 is 2.63 bits per heavy atom. The zero-order valence-electron chi connectivity index (χ0n) is 20.8. The lowest BCUT2D eigenvalue weighted by atomic mass is 10.0. The van der Waals surface area contributed by atoms with Crippen LogP contribution in [0.15, 0.2) is 28.8 Å². The summed E-state index contributed by atoms with van der Waals surface area (Å²) in [5.41, 5.74) is 4.26. The third kappa shape index (κ3) is 6.55. The standard InChI is InChI=1S/C25H33N5O5/c1-6-17-10-19(8-15(3)23(17)34-14-20(32)12-26-22(33)13-31)25-28-24(29-35-25)18-9-16(4)27-21(11-18)30(5)7-2/h8-11,20,31-32H,6-7,12-14H2,1-5H3,(H,26,33)/t20-/m1/s1.